The summed E-state index contributed by atoms with van der Waals surface area (Å²) in [7, 11) is 0. The maximum Gasteiger partial charge on any atom is 0.343 e. The number of hydroxylamine groups is 1. The highest BCUT2D eigenvalue weighted by atomic mass is 16.7. The molecule has 2 amide bonds. The van der Waals surface area contributed by atoms with Crippen molar-refractivity contribution in [3.05, 3.63) is 42.0 Å². The maximum absolute atomic E-state index is 11.2. The lowest BCUT2D eigenvalue weighted by atomic mass is 10.1. The first-order valence-corrected chi connectivity index (χ1v) is 4.75. The molecule has 1 heterocycles. The molecule has 15 heavy (non-hydrogen) atoms. The van der Waals surface area contributed by atoms with Gasteiger partial charge in [0.15, 0.2) is 0 Å². The highest BCUT2D eigenvalue weighted by Gasteiger charge is 2.13. The molecule has 0 aliphatic carbocycles. The molecule has 1 aromatic rings. The van der Waals surface area contributed by atoms with Crippen LogP contribution < -0.4 is 10.8 Å². The van der Waals surface area contributed by atoms with Crippen molar-refractivity contribution in [2.24, 2.45) is 0 Å². The summed E-state index contributed by atoms with van der Waals surface area (Å²) in [5.74, 6) is 0. The number of rotatable bonds is 1. The first-order valence-electron chi connectivity index (χ1n) is 4.75. The van der Waals surface area contributed by atoms with Crippen LogP contribution in [0.5, 0.6) is 0 Å². The van der Waals surface area contributed by atoms with Crippen LogP contribution in [0.3, 0.4) is 0 Å². The molecule has 0 saturated carbocycles. The number of amides is 2. The number of nitrogens with one attached hydrogen (secondary N) is 2. The highest BCUT2D eigenvalue weighted by Crippen LogP contribution is 2.13. The molecule has 2 N–H and O–H groups in total. The second-order valence-electron chi connectivity index (χ2n) is 3.33. The van der Waals surface area contributed by atoms with Crippen LogP contribution in [0, 0.1) is 0 Å². The summed E-state index contributed by atoms with van der Waals surface area (Å²) in [6.45, 7) is 1.86. The number of carbonyl (C=O) groups excluding carboxylic acids is 1. The van der Waals surface area contributed by atoms with Gasteiger partial charge in [0.25, 0.3) is 0 Å². The Kier molecular flexibility index (Phi) is 2.69. The van der Waals surface area contributed by atoms with Crippen molar-refractivity contribution in [1.29, 1.82) is 0 Å². The molecule has 4 nitrogen and oxygen atoms in total. The molecule has 78 valence electrons. The van der Waals surface area contributed by atoms with Crippen LogP contribution in [0.4, 0.5) is 4.79 Å². The van der Waals surface area contributed by atoms with E-state index in [9.17, 15) is 4.79 Å². The summed E-state index contributed by atoms with van der Waals surface area (Å²) in [4.78, 5) is 16.3. The van der Waals surface area contributed by atoms with E-state index >= 15 is 0 Å². The first kappa shape index (κ1) is 9.73. The lowest BCUT2D eigenvalue weighted by Crippen LogP contribution is -2.32. The largest absolute Gasteiger partial charge is 0.343 e. The topological polar surface area (TPSA) is 50.4 Å². The van der Waals surface area contributed by atoms with E-state index in [4.69, 9.17) is 4.84 Å². The van der Waals surface area contributed by atoms with E-state index < -0.39 is 0 Å². The van der Waals surface area contributed by atoms with Crippen molar-refractivity contribution in [1.82, 2.24) is 10.8 Å². The van der Waals surface area contributed by atoms with E-state index in [1.165, 1.54) is 0 Å². The highest BCUT2D eigenvalue weighted by molar-refractivity contribution is 5.85. The fraction of sp³-hybridized carbons (Fsp3) is 0.182. The number of urea groups is 1. The molecule has 0 saturated heterocycles. The van der Waals surface area contributed by atoms with Crippen molar-refractivity contribution in [3.8, 4) is 0 Å². The zero-order valence-electron chi connectivity index (χ0n) is 8.36. The predicted molar refractivity (Wildman–Crippen MR) is 56.6 cm³/mol. The van der Waals surface area contributed by atoms with Crippen molar-refractivity contribution in [2.45, 2.75) is 13.0 Å². The van der Waals surface area contributed by atoms with Crippen LogP contribution in [0.25, 0.3) is 5.70 Å². The van der Waals surface area contributed by atoms with Crippen molar-refractivity contribution < 1.29 is 9.63 Å². The minimum Gasteiger partial charge on any atom is -0.306 e. The molecule has 4 heteroatoms. The van der Waals surface area contributed by atoms with Gasteiger partial charge in [-0.2, -0.15) is 0 Å². The lowest BCUT2D eigenvalue weighted by Gasteiger charge is -2.05. The summed E-state index contributed by atoms with van der Waals surface area (Å²) < 4.78 is 0. The number of hydrogen-bond acceptors (Lipinski definition) is 2. The molecule has 1 atom stereocenters. The second kappa shape index (κ2) is 4.14. The van der Waals surface area contributed by atoms with Crippen LogP contribution >= 0.6 is 0 Å². The Labute approximate surface area is 87.9 Å². The zero-order chi connectivity index (χ0) is 10.7. The van der Waals surface area contributed by atoms with Gasteiger partial charge in [0, 0.05) is 5.70 Å². The average Bonchev–Trinajstić information content (AvgIpc) is 2.42. The fourth-order valence-electron chi connectivity index (χ4n) is 1.39. The molecule has 0 spiro atoms. The van der Waals surface area contributed by atoms with E-state index in [1.54, 1.807) is 0 Å². The Hall–Kier alpha value is -1.81. The molecular weight excluding hydrogens is 192 g/mol. The Morgan fingerprint density at radius 3 is 2.73 bits per heavy atom. The van der Waals surface area contributed by atoms with Gasteiger partial charge in [-0.25, -0.2) is 10.3 Å². The van der Waals surface area contributed by atoms with Crippen molar-refractivity contribution in [2.75, 3.05) is 0 Å². The molecule has 1 aliphatic rings. The molecule has 1 aliphatic heterocycles. The molecular formula is C11H12N2O2. The van der Waals surface area contributed by atoms with Gasteiger partial charge >= 0.3 is 6.03 Å². The Morgan fingerprint density at radius 2 is 2.00 bits per heavy atom. The third-order valence-corrected chi connectivity index (χ3v) is 2.07. The van der Waals surface area contributed by atoms with Gasteiger partial charge in [-0.3, -0.25) is 4.84 Å². The van der Waals surface area contributed by atoms with E-state index in [0.717, 1.165) is 11.3 Å². The van der Waals surface area contributed by atoms with E-state index in [1.807, 2.05) is 43.3 Å². The van der Waals surface area contributed by atoms with Crippen molar-refractivity contribution in [3.63, 3.8) is 0 Å². The zero-order valence-corrected chi connectivity index (χ0v) is 8.36. The second-order valence-corrected chi connectivity index (χ2v) is 3.33. The van der Waals surface area contributed by atoms with Crippen molar-refractivity contribution >= 4 is 11.7 Å². The van der Waals surface area contributed by atoms with Gasteiger partial charge in [0.1, 0.15) is 6.10 Å². The number of benzene rings is 1. The quantitative estimate of drug-likeness (QED) is 0.731. The van der Waals surface area contributed by atoms with Gasteiger partial charge in [-0.15, -0.1) is 0 Å². The molecule has 2 rings (SSSR count). The number of carbonyl (C=O) groups is 1. The van der Waals surface area contributed by atoms with Crippen LogP contribution in [0.2, 0.25) is 0 Å². The van der Waals surface area contributed by atoms with E-state index in [0.29, 0.717) is 0 Å². The molecule has 0 fully saturated rings. The Morgan fingerprint density at radius 1 is 1.27 bits per heavy atom. The van der Waals surface area contributed by atoms with E-state index in [2.05, 4.69) is 10.8 Å². The SMILES string of the molecule is CC1C=C(c2ccccc2)NC(=O)NO1. The van der Waals surface area contributed by atoms with Crippen LogP contribution in [-0.2, 0) is 4.84 Å². The summed E-state index contributed by atoms with van der Waals surface area (Å²) in [6, 6.07) is 9.29. The van der Waals surface area contributed by atoms with Gasteiger partial charge in [-0.05, 0) is 18.6 Å². The van der Waals surface area contributed by atoms with E-state index in [-0.39, 0.29) is 12.1 Å². The van der Waals surface area contributed by atoms with Crippen LogP contribution in [0.1, 0.15) is 12.5 Å². The predicted octanol–water partition coefficient (Wildman–Crippen LogP) is 1.66. The van der Waals surface area contributed by atoms with Crippen LogP contribution in [0.15, 0.2) is 36.4 Å². The third kappa shape index (κ3) is 2.35. The Balaban J connectivity index is 2.30. The molecule has 0 aromatic heterocycles. The van der Waals surface area contributed by atoms with Gasteiger partial charge in [0.05, 0.1) is 0 Å². The number of hydrogen-bond donors (Lipinski definition) is 2. The Bertz CT molecular complexity index is 387. The smallest absolute Gasteiger partial charge is 0.306 e. The monoisotopic (exact) mass is 204 g/mol. The van der Waals surface area contributed by atoms with Gasteiger partial charge in [-0.1, -0.05) is 30.3 Å². The molecule has 0 bridgehead atoms. The minimum atomic E-state index is -0.352. The lowest BCUT2D eigenvalue weighted by molar-refractivity contribution is 0.0354. The third-order valence-electron chi connectivity index (χ3n) is 2.07. The minimum absolute atomic E-state index is 0.154. The normalized spacial score (nSPS) is 21.0. The molecule has 1 aromatic carbocycles. The summed E-state index contributed by atoms with van der Waals surface area (Å²) in [5.41, 5.74) is 4.02. The summed E-state index contributed by atoms with van der Waals surface area (Å²) in [5, 5.41) is 2.71. The summed E-state index contributed by atoms with van der Waals surface area (Å²) >= 11 is 0. The van der Waals surface area contributed by atoms with Gasteiger partial charge < -0.3 is 5.32 Å². The molecule has 1 unspecified atom stereocenters. The first-order chi connectivity index (χ1) is 7.25. The van der Waals surface area contributed by atoms with Crippen LogP contribution in [-0.4, -0.2) is 12.1 Å². The standard InChI is InChI=1S/C11H12N2O2/c1-8-7-10(12-11(14)13-15-8)9-5-3-2-4-6-9/h2-8H,1H3,(H2,12,13,14). The summed E-state index contributed by atoms with van der Waals surface area (Å²) in [6.07, 6.45) is 1.70. The van der Waals surface area contributed by atoms with Gasteiger partial charge in [0.2, 0.25) is 0 Å². The molecule has 0 radical (unpaired) electrons. The maximum atomic E-state index is 11.2. The average molecular weight is 204 g/mol. The fourth-order valence-corrected chi connectivity index (χ4v) is 1.39.